The van der Waals surface area contributed by atoms with Crippen LogP contribution >= 0.6 is 23.2 Å². The van der Waals surface area contributed by atoms with Crippen molar-refractivity contribution >= 4 is 23.2 Å². The molecule has 0 bridgehead atoms. The van der Waals surface area contributed by atoms with Crippen LogP contribution in [0.5, 0.6) is 0 Å². The zero-order chi connectivity index (χ0) is 10.5. The number of hydrogen-bond donors (Lipinski definition) is 0. The van der Waals surface area contributed by atoms with E-state index in [1.54, 1.807) is 0 Å². The minimum atomic E-state index is -0.896. The summed E-state index contributed by atoms with van der Waals surface area (Å²) in [5.41, 5.74) is 4.24. The van der Waals surface area contributed by atoms with Crippen molar-refractivity contribution in [3.8, 4) is 11.1 Å². The van der Waals surface area contributed by atoms with Crippen LogP contribution in [0.1, 0.15) is 11.1 Å². The van der Waals surface area contributed by atoms with Crippen LogP contribution in [0, 0.1) is 0 Å². The summed E-state index contributed by atoms with van der Waals surface area (Å²) in [6.45, 7) is 0. The van der Waals surface area contributed by atoms with Crippen molar-refractivity contribution in [3.05, 3.63) is 59.7 Å². The van der Waals surface area contributed by atoms with Crippen molar-refractivity contribution in [3.63, 3.8) is 0 Å². The Kier molecular flexibility index (Phi) is 3.20. The zero-order valence-corrected chi connectivity index (χ0v) is 11.4. The summed E-state index contributed by atoms with van der Waals surface area (Å²) in [6.07, 6.45) is 0. The fraction of sp³-hybridized carbons (Fsp3) is 0.0769. The molecular weight excluding hydrogens is 275 g/mol. The van der Waals surface area contributed by atoms with Crippen molar-refractivity contribution in [2.75, 3.05) is 0 Å². The molecule has 0 heterocycles. The number of benzene rings is 2. The average molecular weight is 283 g/mol. The summed E-state index contributed by atoms with van der Waals surface area (Å²) in [6, 6.07) is 16.0. The van der Waals surface area contributed by atoms with E-state index in [-0.39, 0.29) is 21.7 Å². The van der Waals surface area contributed by atoms with E-state index in [9.17, 15) is 0 Å². The van der Waals surface area contributed by atoms with Crippen molar-refractivity contribution in [1.29, 1.82) is 0 Å². The molecule has 2 aromatic rings. The van der Waals surface area contributed by atoms with E-state index in [0.717, 1.165) is 22.3 Å². The molecule has 0 aromatic heterocycles. The third-order valence-corrected chi connectivity index (χ3v) is 3.64. The van der Waals surface area contributed by atoms with Gasteiger partial charge in [-0.05, 0) is 11.1 Å². The molecular formula is C13H8Cl2Ti. The molecule has 3 rings (SSSR count). The van der Waals surface area contributed by atoms with Gasteiger partial charge in [-0.15, -0.1) is 0 Å². The van der Waals surface area contributed by atoms with Crippen LogP contribution in [0.4, 0.5) is 0 Å². The van der Waals surface area contributed by atoms with E-state index in [4.69, 9.17) is 23.2 Å². The Morgan fingerprint density at radius 1 is 0.688 bits per heavy atom. The van der Waals surface area contributed by atoms with E-state index < -0.39 is 4.33 Å². The molecule has 0 saturated carbocycles. The average Bonchev–Trinajstić information content (AvgIpc) is 2.51. The first-order valence-electron chi connectivity index (χ1n) is 4.78. The van der Waals surface area contributed by atoms with Gasteiger partial charge in [-0.1, -0.05) is 71.7 Å². The smallest absolute Gasteiger partial charge is 0.0909 e. The van der Waals surface area contributed by atoms with Crippen LogP contribution in [-0.4, -0.2) is 0 Å². The van der Waals surface area contributed by atoms with E-state index in [1.165, 1.54) is 0 Å². The van der Waals surface area contributed by atoms with Gasteiger partial charge < -0.3 is 0 Å². The SMILES string of the molecule is ClC1(Cl)c2ccccc2-c2ccccc21.[Ti]. The predicted molar refractivity (Wildman–Crippen MR) is 64.4 cm³/mol. The van der Waals surface area contributed by atoms with Gasteiger partial charge >= 0.3 is 0 Å². The Morgan fingerprint density at radius 2 is 1.06 bits per heavy atom. The summed E-state index contributed by atoms with van der Waals surface area (Å²) in [7, 11) is 0. The van der Waals surface area contributed by atoms with E-state index >= 15 is 0 Å². The number of rotatable bonds is 0. The van der Waals surface area contributed by atoms with E-state index in [0.29, 0.717) is 0 Å². The van der Waals surface area contributed by atoms with Crippen molar-refractivity contribution in [2.24, 2.45) is 0 Å². The second-order valence-corrected chi connectivity index (χ2v) is 4.99. The summed E-state index contributed by atoms with van der Waals surface area (Å²) < 4.78 is -0.896. The maximum absolute atomic E-state index is 6.39. The molecule has 0 saturated heterocycles. The van der Waals surface area contributed by atoms with Crippen LogP contribution in [0.3, 0.4) is 0 Å². The number of fused-ring (bicyclic) bond motifs is 3. The molecule has 0 radical (unpaired) electrons. The molecule has 16 heavy (non-hydrogen) atoms. The molecule has 0 unspecified atom stereocenters. The monoisotopic (exact) mass is 282 g/mol. The van der Waals surface area contributed by atoms with Crippen molar-refractivity contribution < 1.29 is 21.7 Å². The summed E-state index contributed by atoms with van der Waals surface area (Å²) in [4.78, 5) is 0. The van der Waals surface area contributed by atoms with Gasteiger partial charge in [0, 0.05) is 32.8 Å². The second-order valence-electron chi connectivity index (χ2n) is 3.67. The topological polar surface area (TPSA) is 0 Å². The molecule has 2 aromatic carbocycles. The standard InChI is InChI=1S/C13H8Cl2.Ti/c14-13(15)11-7-3-1-5-9(11)10-6-2-4-8-12(10)13;/h1-8H;. The first kappa shape index (κ1) is 12.2. The maximum atomic E-state index is 6.39. The Bertz CT molecular complexity index is 487. The van der Waals surface area contributed by atoms with E-state index in [1.807, 2.05) is 36.4 Å². The third-order valence-electron chi connectivity index (χ3n) is 2.82. The zero-order valence-electron chi connectivity index (χ0n) is 8.37. The van der Waals surface area contributed by atoms with Crippen LogP contribution in [0.15, 0.2) is 48.5 Å². The molecule has 3 heteroatoms. The van der Waals surface area contributed by atoms with Crippen LogP contribution in [0.25, 0.3) is 11.1 Å². The molecule has 78 valence electrons. The summed E-state index contributed by atoms with van der Waals surface area (Å²) in [5.74, 6) is 0. The fourth-order valence-corrected chi connectivity index (χ4v) is 2.79. The first-order chi connectivity index (χ1) is 7.21. The third kappa shape index (κ3) is 1.56. The van der Waals surface area contributed by atoms with Gasteiger partial charge in [0.15, 0.2) is 4.33 Å². The second kappa shape index (κ2) is 4.20. The van der Waals surface area contributed by atoms with Crippen molar-refractivity contribution in [1.82, 2.24) is 0 Å². The van der Waals surface area contributed by atoms with Crippen LogP contribution in [0.2, 0.25) is 0 Å². The minimum absolute atomic E-state index is 0. The Labute approximate surface area is 119 Å². The predicted octanol–water partition coefficient (Wildman–Crippen LogP) is 4.34. The number of halogens is 2. The van der Waals surface area contributed by atoms with Gasteiger partial charge in [0.05, 0.1) is 0 Å². The van der Waals surface area contributed by atoms with Gasteiger partial charge in [0.25, 0.3) is 0 Å². The molecule has 0 amide bonds. The fourth-order valence-electron chi connectivity index (χ4n) is 2.13. The first-order valence-corrected chi connectivity index (χ1v) is 5.54. The minimum Gasteiger partial charge on any atom is -0.0909 e. The number of alkyl halides is 2. The molecule has 0 spiro atoms. The molecule has 0 atom stereocenters. The Hall–Kier alpha value is -0.266. The Morgan fingerprint density at radius 3 is 1.50 bits per heavy atom. The molecule has 0 nitrogen and oxygen atoms in total. The molecule has 0 fully saturated rings. The summed E-state index contributed by atoms with van der Waals surface area (Å²) in [5, 5.41) is 0. The van der Waals surface area contributed by atoms with Crippen LogP contribution in [-0.2, 0) is 26.1 Å². The largest absolute Gasteiger partial charge is 0.169 e. The maximum Gasteiger partial charge on any atom is 0.169 e. The van der Waals surface area contributed by atoms with Gasteiger partial charge in [0.2, 0.25) is 0 Å². The van der Waals surface area contributed by atoms with Gasteiger partial charge in [-0.2, -0.15) is 0 Å². The van der Waals surface area contributed by atoms with Crippen LogP contribution < -0.4 is 0 Å². The van der Waals surface area contributed by atoms with Gasteiger partial charge in [-0.3, -0.25) is 0 Å². The molecule has 0 aliphatic heterocycles. The number of hydrogen-bond acceptors (Lipinski definition) is 0. The Balaban J connectivity index is 0.000000963. The molecule has 1 aliphatic rings. The molecule has 1 aliphatic carbocycles. The van der Waals surface area contributed by atoms with Gasteiger partial charge in [-0.25, -0.2) is 0 Å². The van der Waals surface area contributed by atoms with E-state index in [2.05, 4.69) is 12.1 Å². The quantitative estimate of drug-likeness (QED) is 0.498. The van der Waals surface area contributed by atoms with Gasteiger partial charge in [0.1, 0.15) is 0 Å². The summed E-state index contributed by atoms with van der Waals surface area (Å²) >= 11 is 12.8. The normalized spacial score (nSPS) is 14.9. The van der Waals surface area contributed by atoms with Crippen molar-refractivity contribution in [2.45, 2.75) is 4.33 Å². The molecule has 0 N–H and O–H groups in total.